The van der Waals surface area contributed by atoms with Gasteiger partial charge in [0.15, 0.2) is 0 Å². The quantitative estimate of drug-likeness (QED) is 0.547. The number of benzene rings is 1. The second-order valence-electron chi connectivity index (χ2n) is 4.02. The summed E-state index contributed by atoms with van der Waals surface area (Å²) in [5.41, 5.74) is -0.740. The molecule has 0 heterocycles. The number of carbonyl (C=O) groups excluding carboxylic acids is 1. The molecule has 0 aliphatic rings. The highest BCUT2D eigenvalue weighted by molar-refractivity contribution is 5.89. The summed E-state index contributed by atoms with van der Waals surface area (Å²) in [7, 11) is 0. The van der Waals surface area contributed by atoms with E-state index >= 15 is 0 Å². The van der Waals surface area contributed by atoms with E-state index in [2.05, 4.69) is 0 Å². The van der Waals surface area contributed by atoms with Crippen LogP contribution in [-0.4, -0.2) is 39.0 Å². The fraction of sp³-hybridized carbons (Fsp3) is 0.500. The van der Waals surface area contributed by atoms with Crippen molar-refractivity contribution in [1.29, 1.82) is 0 Å². The molecule has 0 aliphatic carbocycles. The van der Waals surface area contributed by atoms with Gasteiger partial charge in [0.1, 0.15) is 6.61 Å². The molecule has 0 radical (unpaired) electrons. The van der Waals surface area contributed by atoms with Gasteiger partial charge in [-0.2, -0.15) is 13.2 Å². The molecule has 0 atom stereocenters. The molecule has 0 unspecified atom stereocenters. The van der Waals surface area contributed by atoms with Crippen molar-refractivity contribution in [2.45, 2.75) is 13.1 Å². The van der Waals surface area contributed by atoms with Gasteiger partial charge in [-0.05, 0) is 31.2 Å². The van der Waals surface area contributed by atoms with Crippen molar-refractivity contribution >= 4 is 5.97 Å². The topological polar surface area (TPSA) is 44.8 Å². The smallest absolute Gasteiger partial charge is 0.416 e. The lowest BCUT2D eigenvalue weighted by atomic mass is 10.1. The molecule has 21 heavy (non-hydrogen) atoms. The van der Waals surface area contributed by atoms with Crippen LogP contribution in [0.15, 0.2) is 24.3 Å². The molecule has 0 fully saturated rings. The van der Waals surface area contributed by atoms with Gasteiger partial charge < -0.3 is 14.2 Å². The molecule has 4 nitrogen and oxygen atoms in total. The number of carbonyl (C=O) groups is 1. The van der Waals surface area contributed by atoms with Gasteiger partial charge in [-0.15, -0.1) is 0 Å². The van der Waals surface area contributed by atoms with Gasteiger partial charge in [0.25, 0.3) is 0 Å². The molecule has 1 rings (SSSR count). The lowest BCUT2D eigenvalue weighted by Crippen LogP contribution is -2.13. The van der Waals surface area contributed by atoms with Crippen LogP contribution in [0.1, 0.15) is 22.8 Å². The third-order valence-electron chi connectivity index (χ3n) is 2.48. The number of rotatable bonds is 8. The zero-order chi connectivity index (χ0) is 15.7. The van der Waals surface area contributed by atoms with Gasteiger partial charge in [0.2, 0.25) is 0 Å². The van der Waals surface area contributed by atoms with Crippen LogP contribution in [-0.2, 0) is 20.4 Å². The van der Waals surface area contributed by atoms with E-state index in [0.29, 0.717) is 19.8 Å². The maximum atomic E-state index is 12.4. The normalized spacial score (nSPS) is 11.4. The van der Waals surface area contributed by atoms with E-state index in [4.69, 9.17) is 14.2 Å². The van der Waals surface area contributed by atoms with Crippen molar-refractivity contribution in [2.75, 3.05) is 33.0 Å². The Labute approximate surface area is 120 Å². The van der Waals surface area contributed by atoms with Crippen molar-refractivity contribution < 1.29 is 32.2 Å². The van der Waals surface area contributed by atoms with E-state index in [1.54, 1.807) is 0 Å². The first-order chi connectivity index (χ1) is 9.95. The monoisotopic (exact) mass is 306 g/mol. The first kappa shape index (κ1) is 17.5. The molecule has 0 spiro atoms. The second-order valence-corrected chi connectivity index (χ2v) is 4.02. The molecule has 1 aromatic carbocycles. The van der Waals surface area contributed by atoms with E-state index < -0.39 is 17.7 Å². The summed E-state index contributed by atoms with van der Waals surface area (Å²) < 4.78 is 52.1. The van der Waals surface area contributed by atoms with Gasteiger partial charge in [0, 0.05) is 6.61 Å². The molecule has 0 saturated carbocycles. The van der Waals surface area contributed by atoms with Gasteiger partial charge in [-0.1, -0.05) is 0 Å². The van der Waals surface area contributed by atoms with Gasteiger partial charge in [0.05, 0.1) is 30.9 Å². The summed E-state index contributed by atoms with van der Waals surface area (Å²) >= 11 is 0. The van der Waals surface area contributed by atoms with Crippen molar-refractivity contribution in [1.82, 2.24) is 0 Å². The maximum Gasteiger partial charge on any atom is 0.416 e. The zero-order valence-electron chi connectivity index (χ0n) is 11.6. The Morgan fingerprint density at radius 3 is 2.14 bits per heavy atom. The summed E-state index contributed by atoms with van der Waals surface area (Å²) in [6.07, 6.45) is -4.42. The maximum absolute atomic E-state index is 12.4. The molecule has 0 aliphatic heterocycles. The number of hydrogen-bond acceptors (Lipinski definition) is 4. The molecule has 0 N–H and O–H groups in total. The molecule has 0 aromatic heterocycles. The molecule has 7 heteroatoms. The fourth-order valence-electron chi connectivity index (χ4n) is 1.44. The second kappa shape index (κ2) is 8.63. The molecule has 0 bridgehead atoms. The third kappa shape index (κ3) is 6.59. The van der Waals surface area contributed by atoms with E-state index in [-0.39, 0.29) is 18.8 Å². The highest BCUT2D eigenvalue weighted by Crippen LogP contribution is 2.29. The number of hydrogen-bond donors (Lipinski definition) is 0. The Hall–Kier alpha value is -1.60. The van der Waals surface area contributed by atoms with E-state index in [1.807, 2.05) is 6.92 Å². The summed E-state index contributed by atoms with van der Waals surface area (Å²) in [6.45, 7) is 3.57. The van der Waals surface area contributed by atoms with E-state index in [0.717, 1.165) is 24.3 Å². The Morgan fingerprint density at radius 1 is 1.00 bits per heavy atom. The van der Waals surface area contributed by atoms with Crippen LogP contribution in [0.5, 0.6) is 0 Å². The predicted octanol–water partition coefficient (Wildman–Crippen LogP) is 2.92. The minimum Gasteiger partial charge on any atom is -0.460 e. The number of esters is 1. The number of ether oxygens (including phenoxy) is 3. The lowest BCUT2D eigenvalue weighted by molar-refractivity contribution is -0.137. The lowest BCUT2D eigenvalue weighted by Gasteiger charge is -2.08. The van der Waals surface area contributed by atoms with Crippen molar-refractivity contribution in [2.24, 2.45) is 0 Å². The van der Waals surface area contributed by atoms with E-state index in [9.17, 15) is 18.0 Å². The number of alkyl halides is 3. The molecule has 118 valence electrons. The summed E-state index contributed by atoms with van der Waals surface area (Å²) in [5.74, 6) is -0.683. The van der Waals surface area contributed by atoms with Gasteiger partial charge in [-0.3, -0.25) is 0 Å². The number of halogens is 3. The first-order valence-corrected chi connectivity index (χ1v) is 6.45. The Bertz CT molecular complexity index is 429. The van der Waals surface area contributed by atoms with Crippen LogP contribution in [0.2, 0.25) is 0 Å². The first-order valence-electron chi connectivity index (χ1n) is 6.45. The Kier molecular flexibility index (Phi) is 7.18. The highest BCUT2D eigenvalue weighted by atomic mass is 19.4. The molecule has 1 aromatic rings. The van der Waals surface area contributed by atoms with Crippen LogP contribution >= 0.6 is 0 Å². The standard InChI is InChI=1S/C14H17F3O4/c1-2-19-7-8-20-9-10-21-13(18)11-3-5-12(6-4-11)14(15,16)17/h3-6H,2,7-10H2,1H3. The minimum atomic E-state index is -4.42. The summed E-state index contributed by atoms with van der Waals surface area (Å²) in [4.78, 5) is 11.6. The highest BCUT2D eigenvalue weighted by Gasteiger charge is 2.30. The predicted molar refractivity (Wildman–Crippen MR) is 69.0 cm³/mol. The molecular weight excluding hydrogens is 289 g/mol. The minimum absolute atomic E-state index is 0.0337. The fourth-order valence-corrected chi connectivity index (χ4v) is 1.44. The zero-order valence-corrected chi connectivity index (χ0v) is 11.6. The Morgan fingerprint density at radius 2 is 1.57 bits per heavy atom. The Balaban J connectivity index is 2.29. The van der Waals surface area contributed by atoms with Crippen LogP contribution in [0.25, 0.3) is 0 Å². The third-order valence-corrected chi connectivity index (χ3v) is 2.48. The van der Waals surface area contributed by atoms with Gasteiger partial charge in [-0.25, -0.2) is 4.79 Å². The van der Waals surface area contributed by atoms with Gasteiger partial charge >= 0.3 is 12.1 Å². The molecule has 0 amide bonds. The van der Waals surface area contributed by atoms with Crippen molar-refractivity contribution in [3.8, 4) is 0 Å². The van der Waals surface area contributed by atoms with E-state index in [1.165, 1.54) is 0 Å². The molecular formula is C14H17F3O4. The van der Waals surface area contributed by atoms with Crippen LogP contribution in [0.3, 0.4) is 0 Å². The summed E-state index contributed by atoms with van der Waals surface area (Å²) in [5, 5.41) is 0. The van der Waals surface area contributed by atoms with Crippen LogP contribution < -0.4 is 0 Å². The SMILES string of the molecule is CCOCCOCCOC(=O)c1ccc(C(F)(F)F)cc1. The van der Waals surface area contributed by atoms with Crippen molar-refractivity contribution in [3.05, 3.63) is 35.4 Å². The van der Waals surface area contributed by atoms with Crippen LogP contribution in [0, 0.1) is 0 Å². The summed E-state index contributed by atoms with van der Waals surface area (Å²) in [6, 6.07) is 3.85. The van der Waals surface area contributed by atoms with Crippen molar-refractivity contribution in [3.63, 3.8) is 0 Å². The largest absolute Gasteiger partial charge is 0.460 e. The van der Waals surface area contributed by atoms with Crippen LogP contribution in [0.4, 0.5) is 13.2 Å². The average Bonchev–Trinajstić information content (AvgIpc) is 2.45. The molecule has 0 saturated heterocycles. The average molecular weight is 306 g/mol.